The van der Waals surface area contributed by atoms with Crippen molar-refractivity contribution in [3.05, 3.63) is 72.8 Å². The van der Waals surface area contributed by atoms with Crippen molar-refractivity contribution in [1.82, 2.24) is 0 Å². The van der Waals surface area contributed by atoms with Crippen LogP contribution in [0.5, 0.6) is 17.2 Å². The normalized spacial score (nSPS) is 11.4. The Morgan fingerprint density at radius 2 is 0.714 bits per heavy atom. The third-order valence-electron chi connectivity index (χ3n) is 8.05. The fourth-order valence-corrected chi connectivity index (χ4v) is 5.81. The van der Waals surface area contributed by atoms with E-state index in [-0.39, 0.29) is 7.26 Å². The quantitative estimate of drug-likeness (QED) is 0.0892. The summed E-state index contributed by atoms with van der Waals surface area (Å²) in [6.07, 6.45) is 13.3. The lowest BCUT2D eigenvalue weighted by Gasteiger charge is -2.43. The van der Waals surface area contributed by atoms with Gasteiger partial charge in [-0.1, -0.05) is 108 Å². The first-order valence-corrected chi connectivity index (χ1v) is 19.6. The molecule has 0 aliphatic carbocycles. The molecular weight excluding hydrogens is 534 g/mol. The molecule has 0 bridgehead atoms. The Morgan fingerprint density at radius 1 is 0.452 bits per heavy atom. The predicted octanol–water partition coefficient (Wildman–Crippen LogP) is 8.63. The third-order valence-corrected chi connectivity index (χ3v) is 8.05. The molecule has 3 nitrogen and oxygen atoms in total. The number of rotatable bonds is 17. The highest BCUT2D eigenvalue weighted by atomic mass is 31.2. The van der Waals surface area contributed by atoms with E-state index in [4.69, 9.17) is 14.2 Å². The van der Waals surface area contributed by atoms with Crippen molar-refractivity contribution in [1.29, 1.82) is 0 Å². The van der Waals surface area contributed by atoms with E-state index in [9.17, 15) is 0 Å². The molecule has 3 rings (SSSR count). The Kier molecular flexibility index (Phi) is 16.1. The van der Waals surface area contributed by atoms with Crippen LogP contribution >= 0.6 is 7.26 Å². The summed E-state index contributed by atoms with van der Waals surface area (Å²) in [5.74, 6) is 2.66. The van der Waals surface area contributed by atoms with Crippen LogP contribution in [0.15, 0.2) is 72.8 Å². The first-order chi connectivity index (χ1) is 20.2. The molecule has 232 valence electrons. The second-order valence-corrected chi connectivity index (χ2v) is 18.4. The average Bonchev–Trinajstić information content (AvgIpc) is 2.99. The van der Waals surface area contributed by atoms with Gasteiger partial charge in [0.15, 0.2) is 0 Å². The fourth-order valence-electron chi connectivity index (χ4n) is 5.81. The highest BCUT2D eigenvalue weighted by Gasteiger charge is 2.29. The van der Waals surface area contributed by atoms with Gasteiger partial charge in [0, 0.05) is 33.9 Å². The van der Waals surface area contributed by atoms with Crippen LogP contribution in [-0.2, 0) is 0 Å². The van der Waals surface area contributed by atoms with Crippen LogP contribution in [0.2, 0.25) is 6.32 Å². The van der Waals surface area contributed by atoms with Crippen molar-refractivity contribution in [2.45, 2.75) is 77.5 Å². The molecule has 0 fully saturated rings. The molecule has 0 unspecified atom stereocenters. The first-order valence-electron chi connectivity index (χ1n) is 16.1. The van der Waals surface area contributed by atoms with Gasteiger partial charge in [-0.2, -0.15) is 22.7 Å². The summed E-state index contributed by atoms with van der Waals surface area (Å²) in [6, 6.07) is 26.1. The number of hydrogen-bond donors (Lipinski definition) is 0. The van der Waals surface area contributed by atoms with Crippen LogP contribution in [0.25, 0.3) is 0 Å². The molecular formula is C37H58BO3P. The predicted molar refractivity (Wildman–Crippen MR) is 191 cm³/mol. The van der Waals surface area contributed by atoms with Gasteiger partial charge in [0.25, 0.3) is 0 Å². The topological polar surface area (TPSA) is 27.7 Å². The van der Waals surface area contributed by atoms with Gasteiger partial charge >= 0.3 is 0 Å². The molecule has 5 heteroatoms. The Bertz CT molecular complexity index is 984. The molecule has 0 saturated carbocycles. The van der Waals surface area contributed by atoms with Crippen molar-refractivity contribution in [3.63, 3.8) is 0 Å². The largest absolute Gasteiger partial charge is 0.497 e. The van der Waals surface area contributed by atoms with Gasteiger partial charge in [-0.15, -0.1) is 0 Å². The van der Waals surface area contributed by atoms with Crippen LogP contribution in [0.3, 0.4) is 0 Å². The maximum atomic E-state index is 5.49. The minimum Gasteiger partial charge on any atom is -0.497 e. The van der Waals surface area contributed by atoms with Gasteiger partial charge in [-0.05, 0) is 36.4 Å². The van der Waals surface area contributed by atoms with Gasteiger partial charge in [0.05, 0.1) is 27.5 Å². The molecule has 0 N–H and O–H groups in total. The maximum Gasteiger partial charge on any atom is 0.118 e. The molecule has 0 amide bonds. The summed E-state index contributed by atoms with van der Waals surface area (Å²) in [5, 5.41) is 0. The standard InChI is InChI=1S/C33H46BO3.C4H12P/c1-5-6-7-8-9-10-11-12-13-14-27-34(28-15-21-31(35-2)22-16-28,29-17-23-32(36-3)24-18-29)30-19-25-33(37-4)26-20-30;1-5(2,3)4/h15-26H,5-14,27H2,1-4H3;1-4H3/q-1;+1. The Hall–Kier alpha value is -2.45. The third kappa shape index (κ3) is 12.0. The lowest BCUT2D eigenvalue weighted by atomic mass is 9.14. The van der Waals surface area contributed by atoms with E-state index in [1.807, 2.05) is 0 Å². The zero-order valence-electron chi connectivity index (χ0n) is 28.0. The second-order valence-electron chi connectivity index (χ2n) is 13.0. The van der Waals surface area contributed by atoms with Crippen molar-refractivity contribution < 1.29 is 14.2 Å². The average molecular weight is 593 g/mol. The SMILES string of the molecule is CCCCCCCCCCCC[B-](c1ccc(OC)cc1)(c1ccc(OC)cc1)c1ccc(OC)cc1.C[P+](C)(C)C. The Balaban J connectivity index is 0.00000113. The van der Waals surface area contributed by atoms with Crippen LogP contribution in [0, 0.1) is 0 Å². The molecule has 0 aliphatic rings. The van der Waals surface area contributed by atoms with E-state index in [0.717, 1.165) is 23.6 Å². The van der Waals surface area contributed by atoms with E-state index in [2.05, 4.69) is 106 Å². The molecule has 0 aromatic heterocycles. The van der Waals surface area contributed by atoms with Gasteiger partial charge in [-0.25, -0.2) is 0 Å². The summed E-state index contributed by atoms with van der Waals surface area (Å²) in [6.45, 7) is 11.5. The van der Waals surface area contributed by atoms with Crippen LogP contribution in [-0.4, -0.2) is 54.1 Å². The Labute approximate surface area is 259 Å². The maximum absolute atomic E-state index is 5.49. The highest BCUT2D eigenvalue weighted by molar-refractivity contribution is 7.73. The van der Waals surface area contributed by atoms with Gasteiger partial charge < -0.3 is 14.2 Å². The summed E-state index contributed by atoms with van der Waals surface area (Å²) in [4.78, 5) is 0. The molecule has 0 atom stereocenters. The molecule has 0 aliphatic heterocycles. The minimum absolute atomic E-state index is 0.389. The summed E-state index contributed by atoms with van der Waals surface area (Å²) in [5.41, 5.74) is 4.02. The van der Waals surface area contributed by atoms with Crippen molar-refractivity contribution >= 4 is 29.8 Å². The Morgan fingerprint density at radius 3 is 0.976 bits per heavy atom. The molecule has 3 aromatic carbocycles. The van der Waals surface area contributed by atoms with E-state index in [0.29, 0.717) is 0 Å². The van der Waals surface area contributed by atoms with Gasteiger partial charge in [0.2, 0.25) is 0 Å². The van der Waals surface area contributed by atoms with Crippen molar-refractivity contribution in [2.24, 2.45) is 0 Å². The smallest absolute Gasteiger partial charge is 0.118 e. The van der Waals surface area contributed by atoms with Crippen LogP contribution in [0.4, 0.5) is 0 Å². The lowest BCUT2D eigenvalue weighted by Crippen LogP contribution is -2.66. The molecule has 0 saturated heterocycles. The van der Waals surface area contributed by atoms with E-state index < -0.39 is 6.15 Å². The zero-order valence-corrected chi connectivity index (χ0v) is 28.9. The van der Waals surface area contributed by atoms with Crippen LogP contribution < -0.4 is 30.6 Å². The monoisotopic (exact) mass is 592 g/mol. The number of methoxy groups -OCH3 is 3. The molecule has 0 spiro atoms. The van der Waals surface area contributed by atoms with E-state index in [1.165, 1.54) is 80.6 Å². The zero-order chi connectivity index (χ0) is 30.8. The molecule has 42 heavy (non-hydrogen) atoms. The molecule has 3 aromatic rings. The van der Waals surface area contributed by atoms with E-state index >= 15 is 0 Å². The molecule has 0 heterocycles. The molecule has 0 radical (unpaired) electrons. The number of hydrogen-bond acceptors (Lipinski definition) is 3. The number of benzene rings is 3. The first kappa shape index (κ1) is 35.7. The summed E-state index contributed by atoms with van der Waals surface area (Å²) >= 11 is 0. The van der Waals surface area contributed by atoms with Crippen LogP contribution in [0.1, 0.15) is 71.1 Å². The fraction of sp³-hybridized carbons (Fsp3) is 0.514. The van der Waals surface area contributed by atoms with Crippen molar-refractivity contribution in [3.8, 4) is 17.2 Å². The minimum atomic E-state index is -1.18. The summed E-state index contributed by atoms with van der Waals surface area (Å²) < 4.78 is 16.5. The van der Waals surface area contributed by atoms with Gasteiger partial charge in [-0.3, -0.25) is 0 Å². The number of unbranched alkanes of at least 4 members (excludes halogenated alkanes) is 9. The summed E-state index contributed by atoms with van der Waals surface area (Å²) in [7, 11) is 4.79. The van der Waals surface area contributed by atoms with Crippen molar-refractivity contribution in [2.75, 3.05) is 48.0 Å². The lowest BCUT2D eigenvalue weighted by molar-refractivity contribution is 0.415. The second kappa shape index (κ2) is 19.0. The van der Waals surface area contributed by atoms with E-state index in [1.54, 1.807) is 21.3 Å². The highest BCUT2D eigenvalue weighted by Crippen LogP contribution is 2.40. The van der Waals surface area contributed by atoms with Gasteiger partial charge in [0.1, 0.15) is 17.2 Å². The number of ether oxygens (including phenoxy) is 3.